The summed E-state index contributed by atoms with van der Waals surface area (Å²) in [6.45, 7) is 7.22. The first-order valence-corrected chi connectivity index (χ1v) is 7.98. The maximum atomic E-state index is 2.41. The van der Waals surface area contributed by atoms with Crippen molar-refractivity contribution in [3.05, 3.63) is 23.4 Å². The van der Waals surface area contributed by atoms with Crippen molar-refractivity contribution < 1.29 is 0 Å². The van der Waals surface area contributed by atoms with Crippen LogP contribution in [-0.2, 0) is 0 Å². The van der Waals surface area contributed by atoms with Gasteiger partial charge in [-0.1, -0.05) is 43.1 Å². The standard InChI is InChI=1S/C10H19NSi/c1-11(2)9-7-6-8-10(9)12(3,4)5/h6-9H,1-5H3. The summed E-state index contributed by atoms with van der Waals surface area (Å²) in [4.78, 5) is 2.29. The average molecular weight is 181 g/mol. The summed E-state index contributed by atoms with van der Waals surface area (Å²) >= 11 is 0. The van der Waals surface area contributed by atoms with Crippen molar-refractivity contribution in [3.8, 4) is 0 Å². The van der Waals surface area contributed by atoms with Gasteiger partial charge in [0.25, 0.3) is 0 Å². The molecule has 0 saturated heterocycles. The molecule has 0 spiro atoms. The number of hydrogen-bond acceptors (Lipinski definition) is 1. The van der Waals surface area contributed by atoms with Crippen molar-refractivity contribution in [1.29, 1.82) is 0 Å². The largest absolute Gasteiger partial charge is 0.300 e. The second-order valence-corrected chi connectivity index (χ2v) is 9.74. The lowest BCUT2D eigenvalue weighted by Gasteiger charge is -2.29. The van der Waals surface area contributed by atoms with Crippen LogP contribution in [-0.4, -0.2) is 33.1 Å². The second kappa shape index (κ2) is 3.19. The van der Waals surface area contributed by atoms with Gasteiger partial charge in [0.2, 0.25) is 0 Å². The van der Waals surface area contributed by atoms with E-state index in [1.54, 1.807) is 5.20 Å². The average Bonchev–Trinajstić information content (AvgIpc) is 2.30. The predicted molar refractivity (Wildman–Crippen MR) is 58.0 cm³/mol. The topological polar surface area (TPSA) is 3.24 Å². The lowest BCUT2D eigenvalue weighted by molar-refractivity contribution is 0.388. The highest BCUT2D eigenvalue weighted by atomic mass is 28.3. The Morgan fingerprint density at radius 3 is 2.17 bits per heavy atom. The summed E-state index contributed by atoms with van der Waals surface area (Å²) in [5.74, 6) is 0. The Kier molecular flexibility index (Phi) is 2.59. The molecule has 0 aromatic heterocycles. The van der Waals surface area contributed by atoms with E-state index in [4.69, 9.17) is 0 Å². The number of rotatable bonds is 2. The van der Waals surface area contributed by atoms with E-state index in [1.165, 1.54) is 0 Å². The Hall–Kier alpha value is -0.343. The van der Waals surface area contributed by atoms with Crippen LogP contribution in [0.3, 0.4) is 0 Å². The van der Waals surface area contributed by atoms with Crippen molar-refractivity contribution in [2.75, 3.05) is 14.1 Å². The van der Waals surface area contributed by atoms with E-state index in [0.717, 1.165) is 0 Å². The fourth-order valence-corrected chi connectivity index (χ4v) is 3.45. The predicted octanol–water partition coefficient (Wildman–Crippen LogP) is 2.29. The Balaban J connectivity index is 2.81. The quantitative estimate of drug-likeness (QED) is 0.591. The highest BCUT2D eigenvalue weighted by Crippen LogP contribution is 2.25. The van der Waals surface area contributed by atoms with Crippen LogP contribution < -0.4 is 0 Å². The van der Waals surface area contributed by atoms with Gasteiger partial charge in [0, 0.05) is 6.04 Å². The summed E-state index contributed by atoms with van der Waals surface area (Å²) in [5, 5.41) is 1.65. The maximum absolute atomic E-state index is 2.41. The SMILES string of the molecule is CN(C)C1C=CC=C1[Si](C)(C)C. The lowest BCUT2D eigenvalue weighted by atomic mass is 10.3. The van der Waals surface area contributed by atoms with Crippen LogP contribution in [0.2, 0.25) is 19.6 Å². The van der Waals surface area contributed by atoms with Gasteiger partial charge in [-0.05, 0) is 14.1 Å². The van der Waals surface area contributed by atoms with E-state index in [1.807, 2.05) is 0 Å². The van der Waals surface area contributed by atoms with Crippen LogP contribution in [0, 0.1) is 0 Å². The molecule has 1 nitrogen and oxygen atoms in total. The van der Waals surface area contributed by atoms with E-state index in [0.29, 0.717) is 6.04 Å². The van der Waals surface area contributed by atoms with Gasteiger partial charge < -0.3 is 0 Å². The Labute approximate surface area is 76.8 Å². The Bertz CT molecular complexity index is 220. The van der Waals surface area contributed by atoms with Crippen molar-refractivity contribution >= 4 is 8.07 Å². The van der Waals surface area contributed by atoms with Gasteiger partial charge >= 0.3 is 0 Å². The lowest BCUT2D eigenvalue weighted by Crippen LogP contribution is -2.37. The molecule has 1 atom stereocenters. The fraction of sp³-hybridized carbons (Fsp3) is 0.600. The molecule has 0 amide bonds. The minimum Gasteiger partial charge on any atom is -0.300 e. The molecule has 0 aliphatic heterocycles. The maximum Gasteiger partial charge on any atom is 0.0749 e. The zero-order valence-corrected chi connectivity index (χ0v) is 9.76. The first-order chi connectivity index (χ1) is 5.43. The van der Waals surface area contributed by atoms with Gasteiger partial charge in [0.15, 0.2) is 0 Å². The molecule has 0 N–H and O–H groups in total. The molecule has 2 heteroatoms. The van der Waals surface area contributed by atoms with Crippen LogP contribution in [0.1, 0.15) is 0 Å². The van der Waals surface area contributed by atoms with E-state index in [9.17, 15) is 0 Å². The van der Waals surface area contributed by atoms with Crippen LogP contribution in [0.5, 0.6) is 0 Å². The van der Waals surface area contributed by atoms with Crippen LogP contribution in [0.25, 0.3) is 0 Å². The zero-order chi connectivity index (χ0) is 9.35. The molecule has 0 aromatic carbocycles. The van der Waals surface area contributed by atoms with Gasteiger partial charge in [-0.25, -0.2) is 0 Å². The third kappa shape index (κ3) is 1.87. The number of hydrogen-bond donors (Lipinski definition) is 0. The molecule has 1 aliphatic carbocycles. The minimum absolute atomic E-state index is 0.566. The molecule has 0 radical (unpaired) electrons. The Morgan fingerprint density at radius 1 is 1.25 bits per heavy atom. The van der Waals surface area contributed by atoms with Gasteiger partial charge in [-0.15, -0.1) is 0 Å². The molecule has 0 bridgehead atoms. The highest BCUT2D eigenvalue weighted by molar-refractivity contribution is 6.83. The molecule has 1 unspecified atom stereocenters. The molecule has 68 valence electrons. The van der Waals surface area contributed by atoms with E-state index >= 15 is 0 Å². The van der Waals surface area contributed by atoms with Crippen molar-refractivity contribution in [1.82, 2.24) is 4.90 Å². The summed E-state index contributed by atoms with van der Waals surface area (Å²) in [6.07, 6.45) is 6.78. The molecule has 1 rings (SSSR count). The van der Waals surface area contributed by atoms with Crippen molar-refractivity contribution in [2.45, 2.75) is 25.7 Å². The molecule has 0 fully saturated rings. The molecule has 0 heterocycles. The molecular formula is C10H19NSi. The van der Waals surface area contributed by atoms with Crippen molar-refractivity contribution in [2.24, 2.45) is 0 Å². The van der Waals surface area contributed by atoms with Gasteiger partial charge in [-0.2, -0.15) is 0 Å². The zero-order valence-electron chi connectivity index (χ0n) is 8.76. The highest BCUT2D eigenvalue weighted by Gasteiger charge is 2.28. The summed E-state index contributed by atoms with van der Waals surface area (Å²) in [6, 6.07) is 0.566. The summed E-state index contributed by atoms with van der Waals surface area (Å²) < 4.78 is 0. The fourth-order valence-electron chi connectivity index (χ4n) is 1.61. The van der Waals surface area contributed by atoms with Gasteiger partial charge in [0.1, 0.15) is 0 Å². The number of allylic oxidation sites excluding steroid dienone is 2. The first kappa shape index (κ1) is 9.74. The van der Waals surface area contributed by atoms with E-state index in [2.05, 4.69) is 56.9 Å². The van der Waals surface area contributed by atoms with Crippen molar-refractivity contribution in [3.63, 3.8) is 0 Å². The number of likely N-dealkylation sites (N-methyl/N-ethyl adjacent to an activating group) is 1. The molecule has 1 aliphatic rings. The summed E-state index contributed by atoms with van der Waals surface area (Å²) in [5.41, 5.74) is 0. The molecular weight excluding hydrogens is 162 g/mol. The van der Waals surface area contributed by atoms with E-state index < -0.39 is 8.07 Å². The molecule has 0 aromatic rings. The molecule has 0 saturated carbocycles. The van der Waals surface area contributed by atoms with Crippen LogP contribution in [0.4, 0.5) is 0 Å². The third-order valence-electron chi connectivity index (χ3n) is 2.31. The van der Waals surface area contributed by atoms with Crippen LogP contribution >= 0.6 is 0 Å². The molecule has 12 heavy (non-hydrogen) atoms. The Morgan fingerprint density at radius 2 is 1.83 bits per heavy atom. The first-order valence-electron chi connectivity index (χ1n) is 4.48. The minimum atomic E-state index is -1.09. The number of nitrogens with zero attached hydrogens (tertiary/aromatic N) is 1. The second-order valence-electron chi connectivity index (χ2n) is 4.67. The third-order valence-corrected chi connectivity index (χ3v) is 4.50. The monoisotopic (exact) mass is 181 g/mol. The summed E-state index contributed by atoms with van der Waals surface area (Å²) in [7, 11) is 3.20. The smallest absolute Gasteiger partial charge is 0.0749 e. The van der Waals surface area contributed by atoms with Crippen LogP contribution in [0.15, 0.2) is 23.4 Å². The van der Waals surface area contributed by atoms with Gasteiger partial charge in [0.05, 0.1) is 8.07 Å². The van der Waals surface area contributed by atoms with Gasteiger partial charge in [-0.3, -0.25) is 4.90 Å². The van der Waals surface area contributed by atoms with E-state index in [-0.39, 0.29) is 0 Å². The normalized spacial score (nSPS) is 23.5.